The lowest BCUT2D eigenvalue weighted by molar-refractivity contribution is 0.596. The zero-order valence-electron chi connectivity index (χ0n) is 14.0. The second-order valence-electron chi connectivity index (χ2n) is 6.23. The first kappa shape index (κ1) is 16.7. The number of aliphatic imine (C=N–C) groups is 1. The lowest BCUT2D eigenvalue weighted by atomic mass is 10.0. The van der Waals surface area contributed by atoms with Crippen LogP contribution in [0.25, 0.3) is 28.0 Å². The number of allylic oxidation sites excluding steroid dienone is 1. The van der Waals surface area contributed by atoms with Crippen LogP contribution in [0.5, 0.6) is 0 Å². The molecular weight excluding hydrogens is 353 g/mol. The van der Waals surface area contributed by atoms with Crippen LogP contribution in [0.15, 0.2) is 52.4 Å². The minimum absolute atomic E-state index is 0.0527. The molecular formula is C19H16FN3O2S. The predicted octanol–water partition coefficient (Wildman–Crippen LogP) is 3.63. The number of aromatic amines is 1. The Hall–Kier alpha value is -2.80. The molecule has 0 aliphatic carbocycles. The topological polar surface area (TPSA) is 75.2 Å². The number of hydrogen-bond acceptors (Lipinski definition) is 4. The third-order valence-corrected chi connectivity index (χ3v) is 5.48. The van der Waals surface area contributed by atoms with Crippen LogP contribution >= 0.6 is 0 Å². The Labute approximate surface area is 150 Å². The molecule has 3 aromatic rings. The molecule has 5 nitrogen and oxygen atoms in total. The zero-order chi connectivity index (χ0) is 18.3. The summed E-state index contributed by atoms with van der Waals surface area (Å²) in [7, 11) is -3.45. The van der Waals surface area contributed by atoms with Crippen molar-refractivity contribution in [2.75, 3.05) is 12.8 Å². The fourth-order valence-corrected chi connectivity index (χ4v) is 3.61. The average molecular weight is 369 g/mol. The molecule has 26 heavy (non-hydrogen) atoms. The van der Waals surface area contributed by atoms with Crippen molar-refractivity contribution in [3.05, 3.63) is 53.9 Å². The molecule has 132 valence electrons. The molecule has 0 radical (unpaired) electrons. The maximum Gasteiger partial charge on any atom is 0.175 e. The molecule has 1 aliphatic heterocycles. The molecule has 0 spiro atoms. The molecule has 0 unspecified atom stereocenters. The monoisotopic (exact) mass is 369 g/mol. The van der Waals surface area contributed by atoms with Gasteiger partial charge in [0.05, 0.1) is 21.5 Å². The summed E-state index contributed by atoms with van der Waals surface area (Å²) in [4.78, 5) is 11.7. The van der Waals surface area contributed by atoms with Gasteiger partial charge < -0.3 is 4.98 Å². The van der Waals surface area contributed by atoms with E-state index in [1.165, 1.54) is 17.7 Å². The van der Waals surface area contributed by atoms with Gasteiger partial charge in [-0.05, 0) is 54.0 Å². The number of halogens is 1. The minimum atomic E-state index is -3.45. The summed E-state index contributed by atoms with van der Waals surface area (Å²) >= 11 is 0. The van der Waals surface area contributed by atoms with E-state index in [2.05, 4.69) is 15.0 Å². The quantitative estimate of drug-likeness (QED) is 0.766. The van der Waals surface area contributed by atoms with Gasteiger partial charge in [0.1, 0.15) is 11.6 Å². The van der Waals surface area contributed by atoms with E-state index in [1.54, 1.807) is 6.21 Å². The van der Waals surface area contributed by atoms with E-state index in [-0.39, 0.29) is 10.5 Å². The molecule has 0 fully saturated rings. The Bertz CT molecular complexity index is 1180. The van der Waals surface area contributed by atoms with Gasteiger partial charge in [0.2, 0.25) is 0 Å². The molecule has 1 N–H and O–H groups in total. The van der Waals surface area contributed by atoms with Crippen molar-refractivity contribution in [2.45, 2.75) is 11.3 Å². The van der Waals surface area contributed by atoms with E-state index in [0.29, 0.717) is 5.82 Å². The van der Waals surface area contributed by atoms with Gasteiger partial charge in [-0.25, -0.2) is 17.8 Å². The van der Waals surface area contributed by atoms with Crippen LogP contribution < -0.4 is 0 Å². The van der Waals surface area contributed by atoms with Crippen molar-refractivity contribution in [2.24, 2.45) is 4.99 Å². The average Bonchev–Trinajstić information content (AvgIpc) is 3.04. The van der Waals surface area contributed by atoms with Crippen molar-refractivity contribution in [1.82, 2.24) is 9.97 Å². The lowest BCUT2D eigenvalue weighted by Crippen LogP contribution is -1.98. The van der Waals surface area contributed by atoms with E-state index >= 15 is 0 Å². The summed E-state index contributed by atoms with van der Waals surface area (Å²) in [5.74, 6) is -0.257. The summed E-state index contributed by atoms with van der Waals surface area (Å²) < 4.78 is 37.5. The van der Waals surface area contributed by atoms with Crippen molar-refractivity contribution in [3.8, 4) is 11.4 Å². The number of imidazole rings is 1. The summed E-state index contributed by atoms with van der Waals surface area (Å²) in [5, 5.41) is 0. The SMILES string of the molecule is CS(=O)(=O)c1ccc(-c2nc3ccc(C4=CC=NCC4)cc3[nH]2)c(F)c1. The van der Waals surface area contributed by atoms with Crippen LogP contribution in [-0.2, 0) is 9.84 Å². The van der Waals surface area contributed by atoms with Gasteiger partial charge >= 0.3 is 0 Å². The smallest absolute Gasteiger partial charge is 0.175 e. The summed E-state index contributed by atoms with van der Waals surface area (Å²) in [6, 6.07) is 9.71. The van der Waals surface area contributed by atoms with Crippen LogP contribution in [0.3, 0.4) is 0 Å². The summed E-state index contributed by atoms with van der Waals surface area (Å²) in [6.07, 6.45) is 5.73. The molecule has 2 aromatic carbocycles. The Morgan fingerprint density at radius 2 is 2.00 bits per heavy atom. The fourth-order valence-electron chi connectivity index (χ4n) is 2.98. The van der Waals surface area contributed by atoms with Gasteiger partial charge in [-0.1, -0.05) is 6.07 Å². The third kappa shape index (κ3) is 3.06. The maximum absolute atomic E-state index is 14.4. The molecule has 1 aliphatic rings. The van der Waals surface area contributed by atoms with Gasteiger partial charge in [-0.3, -0.25) is 4.99 Å². The number of H-pyrrole nitrogens is 1. The van der Waals surface area contributed by atoms with Crippen molar-refractivity contribution < 1.29 is 12.8 Å². The zero-order valence-corrected chi connectivity index (χ0v) is 14.8. The van der Waals surface area contributed by atoms with E-state index in [4.69, 9.17) is 0 Å². The van der Waals surface area contributed by atoms with E-state index in [0.717, 1.165) is 41.9 Å². The highest BCUT2D eigenvalue weighted by Crippen LogP contribution is 2.28. The summed E-state index contributed by atoms with van der Waals surface area (Å²) in [6.45, 7) is 0.774. The number of benzene rings is 2. The number of aromatic nitrogens is 2. The fraction of sp³-hybridized carbons (Fsp3) is 0.158. The van der Waals surface area contributed by atoms with Crippen LogP contribution in [0.2, 0.25) is 0 Å². The number of sulfone groups is 1. The molecule has 0 bridgehead atoms. The standard InChI is InChI=1S/C19H16FN3O2S/c1-26(24,25)14-3-4-15(16(20)11-14)19-22-17-5-2-13(10-18(17)23-19)12-6-8-21-9-7-12/h2-6,8,10-11H,7,9H2,1H3,(H,22,23). The molecule has 1 aromatic heterocycles. The van der Waals surface area contributed by atoms with E-state index in [1.807, 2.05) is 24.3 Å². The molecule has 2 heterocycles. The van der Waals surface area contributed by atoms with Crippen LogP contribution in [-0.4, -0.2) is 37.4 Å². The number of rotatable bonds is 3. The Morgan fingerprint density at radius 1 is 1.15 bits per heavy atom. The second-order valence-corrected chi connectivity index (χ2v) is 8.24. The highest BCUT2D eigenvalue weighted by molar-refractivity contribution is 7.90. The van der Waals surface area contributed by atoms with Gasteiger partial charge in [-0.2, -0.15) is 0 Å². The number of dihydropyridines is 1. The molecule has 0 saturated heterocycles. The van der Waals surface area contributed by atoms with Gasteiger partial charge in [-0.15, -0.1) is 0 Å². The first-order valence-corrected chi connectivity index (χ1v) is 10.00. The minimum Gasteiger partial charge on any atom is -0.338 e. The molecule has 0 atom stereocenters. The van der Waals surface area contributed by atoms with E-state index < -0.39 is 15.7 Å². The normalized spacial score (nSPS) is 14.6. The highest BCUT2D eigenvalue weighted by atomic mass is 32.2. The Kier molecular flexibility index (Phi) is 3.96. The number of fused-ring (bicyclic) bond motifs is 1. The van der Waals surface area contributed by atoms with Crippen LogP contribution in [0.4, 0.5) is 4.39 Å². The number of nitrogens with zero attached hydrogens (tertiary/aromatic N) is 2. The van der Waals surface area contributed by atoms with Crippen molar-refractivity contribution in [3.63, 3.8) is 0 Å². The van der Waals surface area contributed by atoms with Gasteiger partial charge in [0.25, 0.3) is 0 Å². The first-order valence-electron chi connectivity index (χ1n) is 8.11. The van der Waals surface area contributed by atoms with Crippen LogP contribution in [0.1, 0.15) is 12.0 Å². The second kappa shape index (κ2) is 6.17. The third-order valence-electron chi connectivity index (χ3n) is 4.37. The van der Waals surface area contributed by atoms with Gasteiger partial charge in [0.15, 0.2) is 9.84 Å². The Morgan fingerprint density at radius 3 is 2.69 bits per heavy atom. The summed E-state index contributed by atoms with van der Waals surface area (Å²) in [5.41, 5.74) is 4.03. The van der Waals surface area contributed by atoms with Gasteiger partial charge in [0, 0.05) is 19.0 Å². The number of nitrogens with one attached hydrogen (secondary N) is 1. The molecule has 0 saturated carbocycles. The molecule has 0 amide bonds. The van der Waals surface area contributed by atoms with Crippen molar-refractivity contribution in [1.29, 1.82) is 0 Å². The molecule has 7 heteroatoms. The largest absolute Gasteiger partial charge is 0.338 e. The highest BCUT2D eigenvalue weighted by Gasteiger charge is 2.15. The van der Waals surface area contributed by atoms with Crippen molar-refractivity contribution >= 4 is 32.7 Å². The maximum atomic E-state index is 14.4. The molecule has 4 rings (SSSR count). The van der Waals surface area contributed by atoms with E-state index in [9.17, 15) is 12.8 Å². The Balaban J connectivity index is 1.76. The first-order chi connectivity index (χ1) is 12.4. The van der Waals surface area contributed by atoms with Crippen LogP contribution in [0, 0.1) is 5.82 Å². The number of hydrogen-bond donors (Lipinski definition) is 1. The lowest BCUT2D eigenvalue weighted by Gasteiger charge is -2.08. The predicted molar refractivity (Wildman–Crippen MR) is 101 cm³/mol.